The smallest absolute Gasteiger partial charge is 0.253 e. The number of hydrogen-bond acceptors (Lipinski definition) is 3. The van der Waals surface area contributed by atoms with E-state index in [1.54, 1.807) is 17.0 Å². The predicted molar refractivity (Wildman–Crippen MR) is 84.8 cm³/mol. The molecule has 5 nitrogen and oxygen atoms in total. The summed E-state index contributed by atoms with van der Waals surface area (Å²) in [5.41, 5.74) is 12.4. The maximum absolute atomic E-state index is 12.4. The van der Waals surface area contributed by atoms with Crippen LogP contribution in [0.2, 0.25) is 0 Å². The third kappa shape index (κ3) is 4.01. The van der Waals surface area contributed by atoms with Crippen molar-refractivity contribution < 1.29 is 9.59 Å². The highest BCUT2D eigenvalue weighted by Crippen LogP contribution is 2.19. The Morgan fingerprint density at radius 2 is 1.71 bits per heavy atom. The van der Waals surface area contributed by atoms with Crippen LogP contribution in [0.1, 0.15) is 28.8 Å². The first-order valence-electron chi connectivity index (χ1n) is 6.93. The van der Waals surface area contributed by atoms with Gasteiger partial charge in [-0.1, -0.05) is 24.4 Å². The van der Waals surface area contributed by atoms with Gasteiger partial charge in [-0.15, -0.1) is 0 Å². The highest BCUT2D eigenvalue weighted by molar-refractivity contribution is 7.80. The molecule has 2 amide bonds. The molecule has 112 valence electrons. The fourth-order valence-electron chi connectivity index (χ4n) is 2.52. The van der Waals surface area contributed by atoms with Crippen molar-refractivity contribution in [3.8, 4) is 0 Å². The van der Waals surface area contributed by atoms with E-state index in [9.17, 15) is 9.59 Å². The normalized spacial score (nSPS) is 15.7. The first-order valence-corrected chi connectivity index (χ1v) is 7.34. The zero-order valence-corrected chi connectivity index (χ0v) is 12.6. The van der Waals surface area contributed by atoms with E-state index in [0.29, 0.717) is 42.9 Å². The number of primary amides is 1. The molecule has 1 aromatic carbocycles. The Morgan fingerprint density at radius 3 is 2.19 bits per heavy atom. The minimum absolute atomic E-state index is 0.0141. The number of hydrogen-bond donors (Lipinski definition) is 2. The molecule has 0 unspecified atom stereocenters. The molecule has 1 aliphatic heterocycles. The van der Waals surface area contributed by atoms with Crippen LogP contribution in [0.15, 0.2) is 24.3 Å². The minimum Gasteiger partial charge on any atom is -0.393 e. The van der Waals surface area contributed by atoms with E-state index in [1.807, 2.05) is 12.1 Å². The van der Waals surface area contributed by atoms with Crippen molar-refractivity contribution in [2.24, 2.45) is 17.4 Å². The molecule has 0 aromatic heterocycles. The molecule has 6 heteroatoms. The SMILES string of the molecule is NC(=O)C1CCN(C(=O)c2ccc(CC(N)=S)cc2)CC1. The molecule has 1 heterocycles. The Balaban J connectivity index is 1.97. The molecule has 0 bridgehead atoms. The molecule has 1 aromatic rings. The standard InChI is InChI=1S/C15H19N3O2S/c16-13(21)9-10-1-3-12(4-2-10)15(20)18-7-5-11(6-8-18)14(17)19/h1-4,11H,5-9H2,(H2,16,21)(H2,17,19). The van der Waals surface area contributed by atoms with Gasteiger partial charge in [-0.3, -0.25) is 9.59 Å². The van der Waals surface area contributed by atoms with Gasteiger partial charge in [-0.25, -0.2) is 0 Å². The zero-order valence-electron chi connectivity index (χ0n) is 11.7. The van der Waals surface area contributed by atoms with E-state index in [2.05, 4.69) is 0 Å². The van der Waals surface area contributed by atoms with Gasteiger partial charge in [0.25, 0.3) is 5.91 Å². The monoisotopic (exact) mass is 305 g/mol. The minimum atomic E-state index is -0.274. The maximum Gasteiger partial charge on any atom is 0.253 e. The Morgan fingerprint density at radius 1 is 1.14 bits per heavy atom. The van der Waals surface area contributed by atoms with Crippen LogP contribution < -0.4 is 11.5 Å². The topological polar surface area (TPSA) is 89.4 Å². The van der Waals surface area contributed by atoms with Gasteiger partial charge in [0.1, 0.15) is 0 Å². The van der Waals surface area contributed by atoms with E-state index in [1.165, 1.54) is 0 Å². The van der Waals surface area contributed by atoms with Crippen LogP contribution in [0.4, 0.5) is 0 Å². The number of likely N-dealkylation sites (tertiary alicyclic amines) is 1. The summed E-state index contributed by atoms with van der Waals surface area (Å²) < 4.78 is 0. The van der Waals surface area contributed by atoms with E-state index in [0.717, 1.165) is 5.56 Å². The van der Waals surface area contributed by atoms with Crippen LogP contribution in [-0.2, 0) is 11.2 Å². The van der Waals surface area contributed by atoms with Crippen molar-refractivity contribution in [1.82, 2.24) is 4.90 Å². The number of piperidine rings is 1. The van der Waals surface area contributed by atoms with Crippen molar-refractivity contribution in [3.63, 3.8) is 0 Å². The average molecular weight is 305 g/mol. The predicted octanol–water partition coefficient (Wildman–Crippen LogP) is 0.853. The highest BCUT2D eigenvalue weighted by Gasteiger charge is 2.26. The molecule has 1 aliphatic rings. The zero-order chi connectivity index (χ0) is 15.4. The summed E-state index contributed by atoms with van der Waals surface area (Å²) in [6.45, 7) is 1.14. The van der Waals surface area contributed by atoms with E-state index in [4.69, 9.17) is 23.7 Å². The first-order chi connectivity index (χ1) is 9.97. The number of thiocarbonyl (C=S) groups is 1. The molecule has 2 rings (SSSR count). The fourth-order valence-corrected chi connectivity index (χ4v) is 2.68. The second kappa shape index (κ2) is 6.67. The Bertz CT molecular complexity index is 549. The summed E-state index contributed by atoms with van der Waals surface area (Å²) in [6.07, 6.45) is 1.81. The first kappa shape index (κ1) is 15.4. The fraction of sp³-hybridized carbons (Fsp3) is 0.400. The van der Waals surface area contributed by atoms with E-state index in [-0.39, 0.29) is 17.7 Å². The van der Waals surface area contributed by atoms with E-state index < -0.39 is 0 Å². The van der Waals surface area contributed by atoms with Crippen LogP contribution in [0.5, 0.6) is 0 Å². The number of amides is 2. The molecule has 0 aliphatic carbocycles. The lowest BCUT2D eigenvalue weighted by atomic mass is 9.96. The summed E-state index contributed by atoms with van der Waals surface area (Å²) in [4.78, 5) is 25.7. The van der Waals surface area contributed by atoms with Gasteiger partial charge in [0.15, 0.2) is 0 Å². The third-order valence-electron chi connectivity index (χ3n) is 3.76. The Hall–Kier alpha value is -1.95. The molecule has 0 radical (unpaired) electrons. The van der Waals surface area contributed by atoms with Gasteiger partial charge in [0.05, 0.1) is 4.99 Å². The quantitative estimate of drug-likeness (QED) is 0.807. The second-order valence-electron chi connectivity index (χ2n) is 5.31. The van der Waals surface area contributed by atoms with E-state index >= 15 is 0 Å². The number of nitrogens with two attached hydrogens (primary N) is 2. The molecule has 0 saturated carbocycles. The summed E-state index contributed by atoms with van der Waals surface area (Å²) in [5, 5.41) is 0. The lowest BCUT2D eigenvalue weighted by Crippen LogP contribution is -2.41. The molecule has 0 atom stereocenters. The van der Waals surface area contributed by atoms with Crippen LogP contribution in [0.3, 0.4) is 0 Å². The van der Waals surface area contributed by atoms with Gasteiger partial charge in [0.2, 0.25) is 5.91 Å². The Labute approximate surface area is 129 Å². The van der Waals surface area contributed by atoms with Gasteiger partial charge in [-0.2, -0.15) is 0 Å². The van der Waals surface area contributed by atoms with Gasteiger partial charge in [0, 0.05) is 31.0 Å². The third-order valence-corrected chi connectivity index (χ3v) is 3.91. The van der Waals surface area contributed by atoms with Gasteiger partial charge >= 0.3 is 0 Å². The number of nitrogens with zero attached hydrogens (tertiary/aromatic N) is 1. The average Bonchev–Trinajstić information content (AvgIpc) is 2.47. The molecular formula is C15H19N3O2S. The number of benzene rings is 1. The molecule has 1 fully saturated rings. The molecule has 1 saturated heterocycles. The molecular weight excluding hydrogens is 286 g/mol. The molecule has 21 heavy (non-hydrogen) atoms. The number of rotatable bonds is 4. The van der Waals surface area contributed by atoms with Crippen molar-refractivity contribution in [3.05, 3.63) is 35.4 Å². The van der Waals surface area contributed by atoms with Crippen LogP contribution in [0.25, 0.3) is 0 Å². The van der Waals surface area contributed by atoms with Gasteiger partial charge < -0.3 is 16.4 Å². The Kier molecular flexibility index (Phi) is 4.90. The summed E-state index contributed by atoms with van der Waals surface area (Å²) in [7, 11) is 0. The largest absolute Gasteiger partial charge is 0.393 e. The van der Waals surface area contributed by atoms with Crippen LogP contribution >= 0.6 is 12.2 Å². The summed E-state index contributed by atoms with van der Waals surface area (Å²) in [6, 6.07) is 7.30. The summed E-state index contributed by atoms with van der Waals surface area (Å²) >= 11 is 4.86. The van der Waals surface area contributed by atoms with Crippen molar-refractivity contribution >= 4 is 29.0 Å². The van der Waals surface area contributed by atoms with Crippen LogP contribution in [-0.4, -0.2) is 34.8 Å². The lowest BCUT2D eigenvalue weighted by molar-refractivity contribution is -0.123. The molecule has 4 N–H and O–H groups in total. The number of carbonyl (C=O) groups excluding carboxylic acids is 2. The maximum atomic E-state index is 12.4. The van der Waals surface area contributed by atoms with Crippen molar-refractivity contribution in [1.29, 1.82) is 0 Å². The lowest BCUT2D eigenvalue weighted by Gasteiger charge is -2.30. The van der Waals surface area contributed by atoms with Crippen molar-refractivity contribution in [2.75, 3.05) is 13.1 Å². The summed E-state index contributed by atoms with van der Waals surface area (Å²) in [5.74, 6) is -0.397. The van der Waals surface area contributed by atoms with Gasteiger partial charge in [-0.05, 0) is 30.5 Å². The molecule has 0 spiro atoms. The number of carbonyl (C=O) groups is 2. The van der Waals surface area contributed by atoms with Crippen molar-refractivity contribution in [2.45, 2.75) is 19.3 Å². The second-order valence-corrected chi connectivity index (χ2v) is 5.83. The van der Waals surface area contributed by atoms with Crippen LogP contribution in [0, 0.1) is 5.92 Å². The highest BCUT2D eigenvalue weighted by atomic mass is 32.1.